The molecule has 0 saturated heterocycles. The summed E-state index contributed by atoms with van der Waals surface area (Å²) >= 11 is 11.7. The number of hydrogen-bond donors (Lipinski definition) is 2. The molecule has 0 heterocycles. The summed E-state index contributed by atoms with van der Waals surface area (Å²) in [5, 5.41) is 13.1. The monoisotopic (exact) mass is 233 g/mol. The van der Waals surface area contributed by atoms with Gasteiger partial charge in [0.15, 0.2) is 0 Å². The quantitative estimate of drug-likeness (QED) is 0.836. The first-order chi connectivity index (χ1) is 6.67. The van der Waals surface area contributed by atoms with Crippen molar-refractivity contribution in [3.63, 3.8) is 0 Å². The Morgan fingerprint density at radius 3 is 2.57 bits per heavy atom. The Hall–Kier alpha value is -0.280. The highest BCUT2D eigenvalue weighted by Gasteiger charge is 2.06. The minimum atomic E-state index is 0.0623. The van der Waals surface area contributed by atoms with Crippen LogP contribution in [0.5, 0.6) is 0 Å². The van der Waals surface area contributed by atoms with Gasteiger partial charge in [-0.2, -0.15) is 0 Å². The fourth-order valence-electron chi connectivity index (χ4n) is 1.21. The molecule has 1 unspecified atom stereocenters. The number of rotatable bonds is 4. The Kier molecular flexibility index (Phi) is 4.69. The molecule has 78 valence electrons. The first kappa shape index (κ1) is 11.8. The molecule has 0 aromatic heterocycles. The van der Waals surface area contributed by atoms with Crippen LogP contribution in [0.2, 0.25) is 10.0 Å². The molecule has 1 aromatic carbocycles. The highest BCUT2D eigenvalue weighted by atomic mass is 35.5. The summed E-state index contributed by atoms with van der Waals surface area (Å²) in [4.78, 5) is 0. The summed E-state index contributed by atoms with van der Waals surface area (Å²) in [7, 11) is 1.82. The zero-order chi connectivity index (χ0) is 10.6. The van der Waals surface area contributed by atoms with E-state index in [1.807, 2.05) is 19.2 Å². The van der Waals surface area contributed by atoms with Gasteiger partial charge in [0.2, 0.25) is 0 Å². The van der Waals surface area contributed by atoms with E-state index < -0.39 is 0 Å². The lowest BCUT2D eigenvalue weighted by Gasteiger charge is -2.13. The largest absolute Gasteiger partial charge is 0.395 e. The van der Waals surface area contributed by atoms with Gasteiger partial charge in [0, 0.05) is 6.04 Å². The van der Waals surface area contributed by atoms with Crippen molar-refractivity contribution in [2.24, 2.45) is 0 Å². The fraction of sp³-hybridized carbons (Fsp3) is 0.400. The molecule has 0 aliphatic heterocycles. The van der Waals surface area contributed by atoms with Gasteiger partial charge in [0.25, 0.3) is 0 Å². The van der Waals surface area contributed by atoms with E-state index in [1.54, 1.807) is 6.07 Å². The second-order valence-electron chi connectivity index (χ2n) is 3.12. The van der Waals surface area contributed by atoms with Crippen LogP contribution in [0, 0.1) is 0 Å². The Labute approximate surface area is 93.8 Å². The van der Waals surface area contributed by atoms with Gasteiger partial charge in [-0.3, -0.25) is 0 Å². The van der Waals surface area contributed by atoms with Gasteiger partial charge < -0.3 is 10.4 Å². The number of aliphatic hydroxyl groups excluding tert-OH is 1. The lowest BCUT2D eigenvalue weighted by atomic mass is 10.1. The molecule has 1 rings (SSSR count). The Morgan fingerprint density at radius 2 is 2.07 bits per heavy atom. The molecule has 14 heavy (non-hydrogen) atoms. The topological polar surface area (TPSA) is 32.3 Å². The van der Waals surface area contributed by atoms with Crippen LogP contribution in [-0.4, -0.2) is 24.8 Å². The molecule has 0 fully saturated rings. The molecule has 0 aliphatic rings. The fourth-order valence-corrected chi connectivity index (χ4v) is 1.53. The second kappa shape index (κ2) is 5.56. The average Bonchev–Trinajstić information content (AvgIpc) is 2.19. The van der Waals surface area contributed by atoms with Gasteiger partial charge >= 0.3 is 0 Å². The Balaban J connectivity index is 2.72. The smallest absolute Gasteiger partial charge is 0.0595 e. The van der Waals surface area contributed by atoms with E-state index in [0.717, 1.165) is 12.0 Å². The third kappa shape index (κ3) is 3.14. The molecule has 1 atom stereocenters. The van der Waals surface area contributed by atoms with Crippen molar-refractivity contribution in [3.05, 3.63) is 33.8 Å². The minimum absolute atomic E-state index is 0.0623. The molecule has 0 aliphatic carbocycles. The summed E-state index contributed by atoms with van der Waals surface area (Å²) in [6.07, 6.45) is 0.740. The van der Waals surface area contributed by atoms with E-state index in [1.165, 1.54) is 0 Å². The van der Waals surface area contributed by atoms with Crippen LogP contribution in [-0.2, 0) is 6.42 Å². The molecule has 0 spiro atoms. The van der Waals surface area contributed by atoms with Crippen LogP contribution in [0.3, 0.4) is 0 Å². The molecule has 0 saturated carbocycles. The number of likely N-dealkylation sites (N-methyl/N-ethyl adjacent to an activating group) is 1. The maximum Gasteiger partial charge on any atom is 0.0595 e. The lowest BCUT2D eigenvalue weighted by Crippen LogP contribution is -2.31. The van der Waals surface area contributed by atoms with Crippen molar-refractivity contribution in [2.45, 2.75) is 12.5 Å². The van der Waals surface area contributed by atoms with Gasteiger partial charge in [-0.15, -0.1) is 0 Å². The minimum Gasteiger partial charge on any atom is -0.395 e. The number of aliphatic hydroxyl groups is 1. The molecule has 4 heteroatoms. The van der Waals surface area contributed by atoms with E-state index in [4.69, 9.17) is 28.3 Å². The van der Waals surface area contributed by atoms with Crippen LogP contribution >= 0.6 is 23.2 Å². The third-order valence-electron chi connectivity index (χ3n) is 2.09. The van der Waals surface area contributed by atoms with Crippen LogP contribution in [0.25, 0.3) is 0 Å². The maximum absolute atomic E-state index is 8.99. The van der Waals surface area contributed by atoms with E-state index in [0.29, 0.717) is 10.0 Å². The zero-order valence-corrected chi connectivity index (χ0v) is 9.44. The first-order valence-corrected chi connectivity index (χ1v) is 5.15. The van der Waals surface area contributed by atoms with Crippen molar-refractivity contribution in [1.82, 2.24) is 5.32 Å². The number of hydrogen-bond acceptors (Lipinski definition) is 2. The summed E-state index contributed by atoms with van der Waals surface area (Å²) in [6.45, 7) is 0.108. The van der Waals surface area contributed by atoms with Crippen molar-refractivity contribution < 1.29 is 5.11 Å². The molecule has 2 N–H and O–H groups in total. The Bertz CT molecular complexity index is 300. The molecule has 1 aromatic rings. The van der Waals surface area contributed by atoms with Crippen molar-refractivity contribution in [1.29, 1.82) is 0 Å². The summed E-state index contributed by atoms with van der Waals surface area (Å²) in [6, 6.07) is 5.56. The van der Waals surface area contributed by atoms with Crippen LogP contribution in [0.15, 0.2) is 18.2 Å². The SMILES string of the molecule is CNC(CO)Cc1ccc(Cl)c(Cl)c1. The second-order valence-corrected chi connectivity index (χ2v) is 3.94. The van der Waals surface area contributed by atoms with Crippen molar-refractivity contribution in [2.75, 3.05) is 13.7 Å². The summed E-state index contributed by atoms with van der Waals surface area (Å²) in [5.74, 6) is 0. The highest BCUT2D eigenvalue weighted by molar-refractivity contribution is 6.42. The van der Waals surface area contributed by atoms with Crippen molar-refractivity contribution >= 4 is 23.2 Å². The summed E-state index contributed by atoms with van der Waals surface area (Å²) < 4.78 is 0. The predicted molar refractivity (Wildman–Crippen MR) is 60.1 cm³/mol. The van der Waals surface area contributed by atoms with Gasteiger partial charge in [0.1, 0.15) is 0 Å². The van der Waals surface area contributed by atoms with E-state index in [9.17, 15) is 0 Å². The lowest BCUT2D eigenvalue weighted by molar-refractivity contribution is 0.248. The van der Waals surface area contributed by atoms with E-state index in [-0.39, 0.29) is 12.6 Å². The van der Waals surface area contributed by atoms with Gasteiger partial charge in [0.05, 0.1) is 16.7 Å². The molecular weight excluding hydrogens is 221 g/mol. The van der Waals surface area contributed by atoms with Crippen LogP contribution in [0.1, 0.15) is 5.56 Å². The number of benzene rings is 1. The third-order valence-corrected chi connectivity index (χ3v) is 2.83. The standard InChI is InChI=1S/C10H13Cl2NO/c1-13-8(6-14)4-7-2-3-9(11)10(12)5-7/h2-3,5,8,13-14H,4,6H2,1H3. The highest BCUT2D eigenvalue weighted by Crippen LogP contribution is 2.23. The average molecular weight is 234 g/mol. The molecule has 0 amide bonds. The first-order valence-electron chi connectivity index (χ1n) is 4.39. The van der Waals surface area contributed by atoms with Crippen LogP contribution < -0.4 is 5.32 Å². The normalized spacial score (nSPS) is 12.9. The summed E-state index contributed by atoms with van der Waals surface area (Å²) in [5.41, 5.74) is 1.06. The number of halogens is 2. The van der Waals surface area contributed by atoms with Crippen molar-refractivity contribution in [3.8, 4) is 0 Å². The molecule has 0 radical (unpaired) electrons. The van der Waals surface area contributed by atoms with E-state index in [2.05, 4.69) is 5.32 Å². The predicted octanol–water partition coefficient (Wildman–Crippen LogP) is 2.12. The molecule has 2 nitrogen and oxygen atoms in total. The zero-order valence-electron chi connectivity index (χ0n) is 7.93. The van der Waals surface area contributed by atoms with Gasteiger partial charge in [-0.1, -0.05) is 29.3 Å². The maximum atomic E-state index is 8.99. The van der Waals surface area contributed by atoms with Crippen LogP contribution in [0.4, 0.5) is 0 Å². The van der Waals surface area contributed by atoms with E-state index >= 15 is 0 Å². The van der Waals surface area contributed by atoms with Gasteiger partial charge in [-0.05, 0) is 31.2 Å². The molecular formula is C10H13Cl2NO. The molecule has 0 bridgehead atoms. The van der Waals surface area contributed by atoms with Gasteiger partial charge in [-0.25, -0.2) is 0 Å². The number of nitrogens with one attached hydrogen (secondary N) is 1. The Morgan fingerprint density at radius 1 is 1.36 bits per heavy atom.